The van der Waals surface area contributed by atoms with E-state index in [4.69, 9.17) is 20.5 Å². The van der Waals surface area contributed by atoms with Crippen LogP contribution >= 0.6 is 34.9 Å². The lowest BCUT2D eigenvalue weighted by molar-refractivity contribution is -0.192. The highest BCUT2D eigenvalue weighted by atomic mass is 32.2. The minimum absolute atomic E-state index is 0.0762. The first-order chi connectivity index (χ1) is 24.2. The fourth-order valence-electron chi connectivity index (χ4n) is 5.31. The molecule has 272 valence electrons. The van der Waals surface area contributed by atoms with E-state index in [1.807, 2.05) is 11.4 Å². The highest BCUT2D eigenvalue weighted by Crippen LogP contribution is 2.46. The number of thioether (sulfide) groups is 2. The number of hydrogen-bond acceptors (Lipinski definition) is 15. The Balaban J connectivity index is 0.000000233. The predicted molar refractivity (Wildman–Crippen MR) is 176 cm³/mol. The van der Waals surface area contributed by atoms with Crippen LogP contribution < -0.4 is 16.4 Å². The Morgan fingerprint density at radius 2 is 1.65 bits per heavy atom. The van der Waals surface area contributed by atoms with Crippen molar-refractivity contribution in [3.8, 4) is 6.07 Å². The summed E-state index contributed by atoms with van der Waals surface area (Å²) in [6, 6.07) is 4.43. The van der Waals surface area contributed by atoms with Gasteiger partial charge in [0, 0.05) is 41.6 Å². The van der Waals surface area contributed by atoms with E-state index < -0.39 is 70.1 Å². The molecule has 0 spiro atoms. The van der Waals surface area contributed by atoms with Crippen LogP contribution in [0.5, 0.6) is 0 Å². The van der Waals surface area contributed by atoms with E-state index in [2.05, 4.69) is 15.4 Å². The molecule has 4 aliphatic rings. The minimum Gasteiger partial charge on any atom is -0.477 e. The average molecular weight is 767 g/mol. The summed E-state index contributed by atoms with van der Waals surface area (Å²) in [5.41, 5.74) is 3.31. The van der Waals surface area contributed by atoms with Crippen LogP contribution in [0, 0.1) is 11.3 Å². The van der Waals surface area contributed by atoms with E-state index in [-0.39, 0.29) is 54.5 Å². The SMILES string of the molecule is CC(=O)OCC1=C(C(=O)O)N2C(=O)[C@@H](NC(=O)CC#N)[C@H]2SC1.CO[C@@]1(NC(=O)Cc2cccs2)C(=O)N2C(C(=O)O)=C(COC(N)=O)CS[C@@H]21. The molecule has 0 unspecified atom stereocenters. The number of esters is 1. The van der Waals surface area contributed by atoms with Crippen molar-refractivity contribution in [2.45, 2.75) is 42.3 Å². The number of nitrogens with two attached hydrogens (primary N) is 1. The third kappa shape index (κ3) is 8.11. The molecule has 4 aliphatic heterocycles. The van der Waals surface area contributed by atoms with Crippen LogP contribution in [0.2, 0.25) is 0 Å². The molecular formula is C29H30N6O13S3. The predicted octanol–water partition coefficient (Wildman–Crippen LogP) is -0.700. The van der Waals surface area contributed by atoms with Crippen LogP contribution in [-0.2, 0) is 54.2 Å². The number of β-lactam (4-membered cyclic amide) rings is 2. The maximum absolute atomic E-state index is 12.8. The molecule has 2 fully saturated rings. The summed E-state index contributed by atoms with van der Waals surface area (Å²) in [5.74, 6) is -5.05. The molecule has 0 saturated carbocycles. The number of aliphatic carboxylic acids is 2. The number of primary amides is 1. The summed E-state index contributed by atoms with van der Waals surface area (Å²) >= 11 is 3.86. The largest absolute Gasteiger partial charge is 0.477 e. The zero-order chi connectivity index (χ0) is 37.6. The van der Waals surface area contributed by atoms with Gasteiger partial charge in [-0.1, -0.05) is 6.07 Å². The first kappa shape index (κ1) is 38.7. The lowest BCUT2D eigenvalue weighted by Crippen LogP contribution is -2.80. The number of rotatable bonds is 12. The van der Waals surface area contributed by atoms with E-state index >= 15 is 0 Å². The fraction of sp³-hybridized carbons (Fsp3) is 0.414. The Labute approximate surface area is 301 Å². The van der Waals surface area contributed by atoms with Gasteiger partial charge < -0.3 is 40.8 Å². The summed E-state index contributed by atoms with van der Waals surface area (Å²) in [4.78, 5) is 96.6. The highest BCUT2D eigenvalue weighted by molar-refractivity contribution is 8.00. The highest BCUT2D eigenvalue weighted by Gasteiger charge is 2.66. The molecule has 0 aromatic carbocycles. The number of ether oxygens (including phenoxy) is 3. The van der Waals surface area contributed by atoms with Crippen molar-refractivity contribution >= 4 is 82.5 Å². The lowest BCUT2D eigenvalue weighted by Gasteiger charge is -2.55. The smallest absolute Gasteiger partial charge is 0.404 e. The van der Waals surface area contributed by atoms with Crippen LogP contribution in [0.15, 0.2) is 40.1 Å². The maximum atomic E-state index is 12.8. The molecular weight excluding hydrogens is 737 g/mol. The van der Waals surface area contributed by atoms with E-state index in [0.717, 1.165) is 14.7 Å². The van der Waals surface area contributed by atoms with Gasteiger partial charge in [0.2, 0.25) is 11.8 Å². The molecule has 5 heterocycles. The van der Waals surface area contributed by atoms with Gasteiger partial charge in [-0.25, -0.2) is 14.4 Å². The number of amides is 5. The molecule has 0 aliphatic carbocycles. The summed E-state index contributed by atoms with van der Waals surface area (Å²) < 4.78 is 14.8. The second-order valence-corrected chi connectivity index (χ2v) is 14.0. The minimum atomic E-state index is -1.66. The van der Waals surface area contributed by atoms with Crippen LogP contribution in [0.4, 0.5) is 4.79 Å². The zero-order valence-corrected chi connectivity index (χ0v) is 29.2. The van der Waals surface area contributed by atoms with E-state index in [1.54, 1.807) is 12.1 Å². The van der Waals surface area contributed by atoms with Crippen molar-refractivity contribution in [3.05, 3.63) is 44.9 Å². The Morgan fingerprint density at radius 1 is 1.02 bits per heavy atom. The van der Waals surface area contributed by atoms with Crippen molar-refractivity contribution in [3.63, 3.8) is 0 Å². The quantitative estimate of drug-likeness (QED) is 0.0999. The Hall–Kier alpha value is -5.11. The number of carboxylic acids is 2. The number of carbonyl (C=O) groups is 8. The first-order valence-corrected chi connectivity index (χ1v) is 17.6. The van der Waals surface area contributed by atoms with Gasteiger partial charge in [0.15, 0.2) is 0 Å². The molecule has 5 rings (SSSR count). The number of nitrogens with zero attached hydrogens (tertiary/aromatic N) is 3. The monoisotopic (exact) mass is 766 g/mol. The number of methoxy groups -OCH3 is 1. The van der Waals surface area contributed by atoms with Gasteiger partial charge in [-0.05, 0) is 11.4 Å². The Morgan fingerprint density at radius 3 is 2.20 bits per heavy atom. The lowest BCUT2D eigenvalue weighted by atomic mass is 9.98. The van der Waals surface area contributed by atoms with Gasteiger partial charge in [-0.2, -0.15) is 5.26 Å². The van der Waals surface area contributed by atoms with E-state index in [0.29, 0.717) is 5.57 Å². The topological polar surface area (TPSA) is 285 Å². The third-order valence-electron chi connectivity index (χ3n) is 7.52. The van der Waals surface area contributed by atoms with Crippen LogP contribution in [-0.4, -0.2) is 122 Å². The molecule has 4 atom stereocenters. The van der Waals surface area contributed by atoms with Gasteiger partial charge in [0.1, 0.15) is 47.8 Å². The maximum Gasteiger partial charge on any atom is 0.404 e. The molecule has 5 amide bonds. The molecule has 1 aromatic rings. The molecule has 1 aromatic heterocycles. The normalized spacial score (nSPS) is 23.2. The molecule has 51 heavy (non-hydrogen) atoms. The Bertz CT molecular complexity index is 1760. The molecule has 6 N–H and O–H groups in total. The van der Waals surface area contributed by atoms with Gasteiger partial charge in [0.25, 0.3) is 17.5 Å². The van der Waals surface area contributed by atoms with Gasteiger partial charge in [-0.3, -0.25) is 33.8 Å². The van der Waals surface area contributed by atoms with Crippen molar-refractivity contribution in [2.75, 3.05) is 31.8 Å². The van der Waals surface area contributed by atoms with Crippen molar-refractivity contribution in [1.29, 1.82) is 5.26 Å². The van der Waals surface area contributed by atoms with Gasteiger partial charge >= 0.3 is 24.0 Å². The van der Waals surface area contributed by atoms with Crippen LogP contribution in [0.3, 0.4) is 0 Å². The van der Waals surface area contributed by atoms with Crippen molar-refractivity contribution in [1.82, 2.24) is 20.4 Å². The van der Waals surface area contributed by atoms with E-state index in [1.165, 1.54) is 48.9 Å². The Kier molecular flexibility index (Phi) is 12.3. The van der Waals surface area contributed by atoms with Gasteiger partial charge in [-0.15, -0.1) is 34.9 Å². The second kappa shape index (κ2) is 16.3. The number of nitriles is 1. The number of thiophene rings is 1. The number of carboxylic acid groups (broad SMARTS) is 2. The van der Waals surface area contributed by atoms with Crippen molar-refractivity contribution < 1.29 is 62.8 Å². The average Bonchev–Trinajstić information content (AvgIpc) is 3.59. The summed E-state index contributed by atoms with van der Waals surface area (Å²) in [7, 11) is 1.27. The summed E-state index contributed by atoms with van der Waals surface area (Å²) in [6.45, 7) is 0.659. The number of carbonyl (C=O) groups excluding carboxylic acids is 6. The fourth-order valence-corrected chi connectivity index (χ4v) is 8.77. The number of nitrogens with one attached hydrogen (secondary N) is 2. The summed E-state index contributed by atoms with van der Waals surface area (Å²) in [5, 5.41) is 32.9. The van der Waals surface area contributed by atoms with Crippen LogP contribution in [0.25, 0.3) is 0 Å². The van der Waals surface area contributed by atoms with Crippen molar-refractivity contribution in [2.24, 2.45) is 5.73 Å². The summed E-state index contributed by atoms with van der Waals surface area (Å²) in [6.07, 6.45) is -1.35. The second-order valence-electron chi connectivity index (χ2n) is 10.8. The third-order valence-corrected chi connectivity index (χ3v) is 11.1. The molecule has 19 nitrogen and oxygen atoms in total. The zero-order valence-electron chi connectivity index (χ0n) is 26.7. The number of fused-ring (bicyclic) bond motifs is 2. The van der Waals surface area contributed by atoms with E-state index in [9.17, 15) is 48.6 Å². The van der Waals surface area contributed by atoms with Crippen LogP contribution in [0.1, 0.15) is 18.2 Å². The van der Waals surface area contributed by atoms with Gasteiger partial charge in [0.05, 0.1) is 12.5 Å². The molecule has 0 bridgehead atoms. The standard InChI is InChI=1S/C16H17N3O7S2.C13H13N3O6S/c1-25-16(18-10(20)5-9-3-2-4-27-9)13(23)19-11(12(21)22)8(6-26-15(17)24)7-28-14(16)19;1-6(17)22-4-7-5-23-12-9(15-8(18)2-3-14)11(19)16(12)10(7)13(20)21/h2-4,14H,5-7H2,1H3,(H2,17,24)(H,18,20)(H,21,22);9,12H,2,4-5H2,1H3,(H,15,18)(H,20,21)/t14-,16+;9-,12-/m11/s1. The molecule has 0 radical (unpaired) electrons. The number of hydrogen-bond donors (Lipinski definition) is 5. The molecule has 2 saturated heterocycles. The first-order valence-electron chi connectivity index (χ1n) is 14.6. The molecule has 22 heteroatoms.